The van der Waals surface area contributed by atoms with Crippen LogP contribution in [0.1, 0.15) is 41.6 Å². The van der Waals surface area contributed by atoms with Gasteiger partial charge in [0.05, 0.1) is 5.56 Å². The number of benzene rings is 1. The lowest BCUT2D eigenvalue weighted by Crippen LogP contribution is -2.49. The largest absolute Gasteiger partial charge is 0.337 e. The SMILES string of the molecule is Cc1cccc(C(=O)N2CCCC(N3CCCC3)C2)c1F. The molecule has 0 bridgehead atoms. The van der Waals surface area contributed by atoms with Crippen molar-refractivity contribution < 1.29 is 9.18 Å². The lowest BCUT2D eigenvalue weighted by atomic mass is 10.0. The summed E-state index contributed by atoms with van der Waals surface area (Å²) >= 11 is 0. The number of likely N-dealkylation sites (tertiary alicyclic amines) is 2. The first-order chi connectivity index (χ1) is 10.2. The van der Waals surface area contributed by atoms with Crippen molar-refractivity contribution in [2.24, 2.45) is 0 Å². The van der Waals surface area contributed by atoms with E-state index in [1.165, 1.54) is 12.8 Å². The molecule has 3 nitrogen and oxygen atoms in total. The van der Waals surface area contributed by atoms with Gasteiger partial charge in [0.1, 0.15) is 5.82 Å². The summed E-state index contributed by atoms with van der Waals surface area (Å²) in [5, 5.41) is 0. The molecular formula is C17H23FN2O. The molecule has 2 fully saturated rings. The molecule has 4 heteroatoms. The van der Waals surface area contributed by atoms with Crippen molar-refractivity contribution in [1.82, 2.24) is 9.80 Å². The molecule has 0 N–H and O–H groups in total. The summed E-state index contributed by atoms with van der Waals surface area (Å²) in [6.45, 7) is 5.48. The van der Waals surface area contributed by atoms with Crippen LogP contribution in [0.15, 0.2) is 18.2 Å². The Hall–Kier alpha value is -1.42. The Morgan fingerprint density at radius 2 is 1.95 bits per heavy atom. The van der Waals surface area contributed by atoms with E-state index < -0.39 is 0 Å². The van der Waals surface area contributed by atoms with Crippen LogP contribution >= 0.6 is 0 Å². The highest BCUT2D eigenvalue weighted by Crippen LogP contribution is 2.22. The number of rotatable bonds is 2. The van der Waals surface area contributed by atoms with Gasteiger partial charge in [-0.05, 0) is 57.3 Å². The van der Waals surface area contributed by atoms with Crippen LogP contribution < -0.4 is 0 Å². The van der Waals surface area contributed by atoms with Crippen LogP contribution in [0.4, 0.5) is 4.39 Å². The van der Waals surface area contributed by atoms with E-state index in [1.54, 1.807) is 25.1 Å². The Morgan fingerprint density at radius 3 is 2.71 bits per heavy atom. The third-order valence-electron chi connectivity index (χ3n) is 4.76. The van der Waals surface area contributed by atoms with Crippen LogP contribution in [-0.2, 0) is 0 Å². The Labute approximate surface area is 125 Å². The summed E-state index contributed by atoms with van der Waals surface area (Å²) in [5.74, 6) is -0.522. The van der Waals surface area contributed by atoms with E-state index in [2.05, 4.69) is 4.90 Å². The minimum absolute atomic E-state index is 0.153. The zero-order valence-electron chi connectivity index (χ0n) is 12.6. The van der Waals surface area contributed by atoms with Gasteiger partial charge in [0, 0.05) is 19.1 Å². The smallest absolute Gasteiger partial charge is 0.256 e. The van der Waals surface area contributed by atoms with Crippen LogP contribution in [0.3, 0.4) is 0 Å². The van der Waals surface area contributed by atoms with Crippen molar-refractivity contribution in [2.45, 2.75) is 38.6 Å². The number of piperidine rings is 1. The standard InChI is InChI=1S/C17H23FN2O/c1-13-6-4-8-15(16(13)18)17(21)20-11-5-7-14(12-20)19-9-2-3-10-19/h4,6,8,14H,2-3,5,7,9-12H2,1H3. The van der Waals surface area contributed by atoms with Crippen molar-refractivity contribution in [2.75, 3.05) is 26.2 Å². The van der Waals surface area contributed by atoms with Gasteiger partial charge in [0.15, 0.2) is 0 Å². The molecule has 2 heterocycles. The van der Waals surface area contributed by atoms with E-state index in [9.17, 15) is 9.18 Å². The van der Waals surface area contributed by atoms with Crippen molar-refractivity contribution in [3.63, 3.8) is 0 Å². The molecule has 1 aromatic rings. The van der Waals surface area contributed by atoms with Crippen LogP contribution in [0.2, 0.25) is 0 Å². The minimum Gasteiger partial charge on any atom is -0.337 e. The summed E-state index contributed by atoms with van der Waals surface area (Å²) in [6.07, 6.45) is 4.69. The molecule has 2 aliphatic rings. The van der Waals surface area contributed by atoms with Crippen LogP contribution in [0.5, 0.6) is 0 Å². The van der Waals surface area contributed by atoms with E-state index in [4.69, 9.17) is 0 Å². The number of aryl methyl sites for hydroxylation is 1. The molecule has 1 atom stereocenters. The average Bonchev–Trinajstić information content (AvgIpc) is 3.04. The molecule has 0 spiro atoms. The molecule has 2 aliphatic heterocycles. The molecule has 1 aromatic carbocycles. The highest BCUT2D eigenvalue weighted by atomic mass is 19.1. The fourth-order valence-corrected chi connectivity index (χ4v) is 3.53. The van der Waals surface area contributed by atoms with Crippen molar-refractivity contribution >= 4 is 5.91 Å². The second-order valence-corrected chi connectivity index (χ2v) is 6.23. The maximum Gasteiger partial charge on any atom is 0.256 e. The first kappa shape index (κ1) is 14.5. The second kappa shape index (κ2) is 6.14. The highest BCUT2D eigenvalue weighted by molar-refractivity contribution is 5.94. The van der Waals surface area contributed by atoms with Gasteiger partial charge in [-0.2, -0.15) is 0 Å². The summed E-state index contributed by atoms with van der Waals surface area (Å²) in [4.78, 5) is 16.9. The molecule has 0 radical (unpaired) electrons. The van der Waals surface area contributed by atoms with Gasteiger partial charge in [-0.15, -0.1) is 0 Å². The number of hydrogen-bond donors (Lipinski definition) is 0. The van der Waals surface area contributed by atoms with Crippen LogP contribution in [0.25, 0.3) is 0 Å². The van der Waals surface area contributed by atoms with Gasteiger partial charge in [0.2, 0.25) is 0 Å². The monoisotopic (exact) mass is 290 g/mol. The fraction of sp³-hybridized carbons (Fsp3) is 0.588. The predicted molar refractivity (Wildman–Crippen MR) is 80.9 cm³/mol. The summed E-state index contributed by atoms with van der Waals surface area (Å²) in [6, 6.07) is 5.52. The molecule has 0 aliphatic carbocycles. The Bertz CT molecular complexity index is 526. The minimum atomic E-state index is -0.370. The Morgan fingerprint density at radius 1 is 1.19 bits per heavy atom. The molecule has 0 saturated carbocycles. The normalized spacial score (nSPS) is 23.5. The average molecular weight is 290 g/mol. The maximum atomic E-state index is 14.1. The maximum absolute atomic E-state index is 14.1. The fourth-order valence-electron chi connectivity index (χ4n) is 3.53. The molecule has 1 unspecified atom stereocenters. The highest BCUT2D eigenvalue weighted by Gasteiger charge is 2.30. The summed E-state index contributed by atoms with van der Waals surface area (Å²) in [7, 11) is 0. The van der Waals surface area contributed by atoms with E-state index in [0.717, 1.165) is 39.0 Å². The van der Waals surface area contributed by atoms with E-state index in [1.807, 2.05) is 4.90 Å². The Balaban J connectivity index is 1.73. The van der Waals surface area contributed by atoms with Crippen molar-refractivity contribution in [1.29, 1.82) is 0 Å². The summed E-state index contributed by atoms with van der Waals surface area (Å²) in [5.41, 5.74) is 0.756. The lowest BCUT2D eigenvalue weighted by molar-refractivity contribution is 0.0603. The topological polar surface area (TPSA) is 23.6 Å². The van der Waals surface area contributed by atoms with Crippen LogP contribution in [-0.4, -0.2) is 47.9 Å². The van der Waals surface area contributed by atoms with Crippen molar-refractivity contribution in [3.8, 4) is 0 Å². The number of hydrogen-bond acceptors (Lipinski definition) is 2. The van der Waals surface area contributed by atoms with Crippen LogP contribution in [0, 0.1) is 12.7 Å². The first-order valence-electron chi connectivity index (χ1n) is 7.95. The molecule has 114 valence electrons. The quantitative estimate of drug-likeness (QED) is 0.836. The number of amides is 1. The third kappa shape index (κ3) is 2.95. The van der Waals surface area contributed by atoms with Crippen molar-refractivity contribution in [3.05, 3.63) is 35.1 Å². The molecule has 21 heavy (non-hydrogen) atoms. The van der Waals surface area contributed by atoms with Gasteiger partial charge in [-0.25, -0.2) is 4.39 Å². The number of carbonyl (C=O) groups is 1. The lowest BCUT2D eigenvalue weighted by Gasteiger charge is -2.37. The van der Waals surface area contributed by atoms with Gasteiger partial charge >= 0.3 is 0 Å². The van der Waals surface area contributed by atoms with Gasteiger partial charge < -0.3 is 4.90 Å². The number of nitrogens with zero attached hydrogens (tertiary/aromatic N) is 2. The molecular weight excluding hydrogens is 267 g/mol. The molecule has 2 saturated heterocycles. The van der Waals surface area contributed by atoms with E-state index in [-0.39, 0.29) is 17.3 Å². The Kier molecular flexibility index (Phi) is 4.24. The molecule has 1 amide bonds. The number of carbonyl (C=O) groups excluding carboxylic acids is 1. The first-order valence-corrected chi connectivity index (χ1v) is 7.95. The molecule has 3 rings (SSSR count). The van der Waals surface area contributed by atoms with Gasteiger partial charge in [-0.1, -0.05) is 12.1 Å². The third-order valence-corrected chi connectivity index (χ3v) is 4.76. The molecule has 0 aromatic heterocycles. The second-order valence-electron chi connectivity index (χ2n) is 6.23. The zero-order valence-corrected chi connectivity index (χ0v) is 12.6. The van der Waals surface area contributed by atoms with E-state index >= 15 is 0 Å². The summed E-state index contributed by atoms with van der Waals surface area (Å²) < 4.78 is 14.1. The predicted octanol–water partition coefficient (Wildman–Crippen LogP) is 2.83. The number of halogens is 1. The van der Waals surface area contributed by atoms with E-state index in [0.29, 0.717) is 11.6 Å². The zero-order chi connectivity index (χ0) is 14.8. The van der Waals surface area contributed by atoms with Gasteiger partial charge in [0.25, 0.3) is 5.91 Å². The van der Waals surface area contributed by atoms with Gasteiger partial charge in [-0.3, -0.25) is 9.69 Å².